The molecule has 0 aliphatic rings. The maximum atomic E-state index is 6.34. The van der Waals surface area contributed by atoms with Gasteiger partial charge in [-0.15, -0.1) is 0 Å². The van der Waals surface area contributed by atoms with Crippen LogP contribution >= 0.6 is 0 Å². The maximum absolute atomic E-state index is 6.34. The van der Waals surface area contributed by atoms with Gasteiger partial charge in [0.05, 0.1) is 0 Å². The second-order valence-electron chi connectivity index (χ2n) is 7.14. The molecule has 0 heterocycles. The Labute approximate surface area is 160 Å². The molecule has 0 saturated carbocycles. The molecule has 1 unspecified atom stereocenters. The van der Waals surface area contributed by atoms with Gasteiger partial charge in [-0.2, -0.15) is 0 Å². The molecule has 0 saturated heterocycles. The quantitative estimate of drug-likeness (QED) is 0.251. The van der Waals surface area contributed by atoms with Gasteiger partial charge in [-0.1, -0.05) is 0 Å². The number of benzene rings is 1. The number of hydrogen-bond acceptors (Lipinski definition) is 1. The molecule has 0 aliphatic heterocycles. The first-order chi connectivity index (χ1) is 12.2. The first-order valence-corrected chi connectivity index (χ1v) is 18.1. The Morgan fingerprint density at radius 2 is 1.36 bits per heavy atom. The monoisotopic (exact) mass is 450 g/mol. The Balaban J connectivity index is 3.13. The van der Waals surface area contributed by atoms with Gasteiger partial charge in [0.2, 0.25) is 0 Å². The van der Waals surface area contributed by atoms with Crippen LogP contribution in [-0.4, -0.2) is 29.1 Å². The third-order valence-corrected chi connectivity index (χ3v) is 20.7. The summed E-state index contributed by atoms with van der Waals surface area (Å²) in [5.74, 6) is 7.07. The van der Waals surface area contributed by atoms with Gasteiger partial charge in [0, 0.05) is 0 Å². The summed E-state index contributed by atoms with van der Waals surface area (Å²) in [6.45, 7) is 9.88. The first-order valence-electron chi connectivity index (χ1n) is 10.4. The summed E-state index contributed by atoms with van der Waals surface area (Å²) in [6, 6.07) is 10.4. The van der Waals surface area contributed by atoms with Gasteiger partial charge in [0.25, 0.3) is 0 Å². The Kier molecular flexibility index (Phi) is 12.4. The van der Waals surface area contributed by atoms with Crippen LogP contribution in [0.2, 0.25) is 13.3 Å². The predicted molar refractivity (Wildman–Crippen MR) is 114 cm³/mol. The molecule has 1 atom stereocenters. The fourth-order valence-electron chi connectivity index (χ4n) is 3.56. The molecule has 1 rings (SSSR count). The first kappa shape index (κ1) is 22.6. The molecule has 0 aliphatic carbocycles. The zero-order chi connectivity index (χ0) is 18.4. The molecule has 0 spiro atoms. The van der Waals surface area contributed by atoms with Crippen LogP contribution in [0.4, 0.5) is 0 Å². The van der Waals surface area contributed by atoms with E-state index >= 15 is 0 Å². The van der Waals surface area contributed by atoms with Crippen LogP contribution in [0.15, 0.2) is 30.3 Å². The zero-order valence-electron chi connectivity index (χ0n) is 16.9. The van der Waals surface area contributed by atoms with Crippen molar-refractivity contribution in [1.82, 2.24) is 0 Å². The van der Waals surface area contributed by atoms with E-state index in [-0.39, 0.29) is 4.12 Å². The van der Waals surface area contributed by atoms with Gasteiger partial charge in [0.15, 0.2) is 0 Å². The van der Waals surface area contributed by atoms with Crippen LogP contribution in [0.25, 0.3) is 0 Å². The number of unbranched alkanes of at least 4 members (excludes halogenated alkanes) is 3. The molecule has 0 N–H and O–H groups in total. The van der Waals surface area contributed by atoms with Crippen molar-refractivity contribution >= 4 is 18.4 Å². The van der Waals surface area contributed by atoms with Crippen LogP contribution in [0.3, 0.4) is 0 Å². The average molecular weight is 449 g/mol. The Hall–Kier alpha value is -0.461. The van der Waals surface area contributed by atoms with Crippen molar-refractivity contribution in [2.24, 2.45) is 0 Å². The third kappa shape index (κ3) is 8.18. The van der Waals surface area contributed by atoms with Crippen molar-refractivity contribution in [2.45, 2.75) is 83.6 Å². The summed E-state index contributed by atoms with van der Waals surface area (Å²) in [5.41, 5.74) is 1.12. The van der Waals surface area contributed by atoms with Crippen LogP contribution in [0.1, 0.15) is 71.8 Å². The molecule has 140 valence electrons. The Morgan fingerprint density at radius 3 is 1.80 bits per heavy atom. The van der Waals surface area contributed by atoms with Crippen molar-refractivity contribution in [3.05, 3.63) is 35.9 Å². The summed E-state index contributed by atoms with van der Waals surface area (Å²) < 4.78 is 10.9. The van der Waals surface area contributed by atoms with Crippen molar-refractivity contribution in [2.75, 3.05) is 6.61 Å². The minimum absolute atomic E-state index is 0.254. The topological polar surface area (TPSA) is 9.23 Å². The molecule has 0 fully saturated rings. The van der Waals surface area contributed by atoms with Crippen LogP contribution in [0.5, 0.6) is 0 Å². The van der Waals surface area contributed by atoms with Gasteiger partial charge in [0.1, 0.15) is 0 Å². The SMILES string of the molecule is CCC[CH2][Sn]([CH2]CCC)([CH2]CCC)[CH](C#Cc1ccccc1)OCC. The van der Waals surface area contributed by atoms with E-state index in [9.17, 15) is 0 Å². The summed E-state index contributed by atoms with van der Waals surface area (Å²) in [7, 11) is 0. The fraction of sp³-hybridized carbons (Fsp3) is 0.652. The van der Waals surface area contributed by atoms with E-state index < -0.39 is 18.4 Å². The van der Waals surface area contributed by atoms with Gasteiger partial charge >= 0.3 is 161 Å². The number of hydrogen-bond donors (Lipinski definition) is 0. The molecule has 2 heteroatoms. The molecule has 0 radical (unpaired) electrons. The fourth-order valence-corrected chi connectivity index (χ4v) is 19.6. The molecular weight excluding hydrogens is 411 g/mol. The number of ether oxygens (including phenoxy) is 1. The van der Waals surface area contributed by atoms with Crippen molar-refractivity contribution in [3.8, 4) is 11.8 Å². The van der Waals surface area contributed by atoms with E-state index in [4.69, 9.17) is 4.74 Å². The van der Waals surface area contributed by atoms with Crippen LogP contribution in [-0.2, 0) is 4.74 Å². The standard InChI is InChI=1S/C11H11O.3C4H9.Sn/c1-2-12-10-6-9-11-7-4-3-5-8-11;3*1-3-4-2;/h3-5,7-8,10H,2H2,1H3;3*1,3-4H2,2H3;. The zero-order valence-corrected chi connectivity index (χ0v) is 19.8. The van der Waals surface area contributed by atoms with Gasteiger partial charge in [-0.05, 0) is 0 Å². The van der Waals surface area contributed by atoms with E-state index in [0.29, 0.717) is 0 Å². The average Bonchev–Trinajstić information content (AvgIpc) is 2.66. The molecule has 1 aromatic carbocycles. The van der Waals surface area contributed by atoms with E-state index in [0.717, 1.165) is 12.2 Å². The van der Waals surface area contributed by atoms with Gasteiger partial charge in [-0.25, -0.2) is 0 Å². The number of rotatable bonds is 12. The van der Waals surface area contributed by atoms with E-state index in [1.165, 1.54) is 51.8 Å². The molecule has 25 heavy (non-hydrogen) atoms. The summed E-state index contributed by atoms with van der Waals surface area (Å²) in [6.07, 6.45) is 7.96. The van der Waals surface area contributed by atoms with E-state index in [2.05, 4.69) is 69.9 Å². The second kappa shape index (κ2) is 13.7. The Morgan fingerprint density at radius 1 is 0.840 bits per heavy atom. The van der Waals surface area contributed by atoms with Crippen LogP contribution < -0.4 is 0 Å². The normalized spacial score (nSPS) is 12.5. The van der Waals surface area contributed by atoms with Crippen molar-refractivity contribution < 1.29 is 4.74 Å². The third-order valence-electron chi connectivity index (χ3n) is 5.10. The molecule has 0 aromatic heterocycles. The summed E-state index contributed by atoms with van der Waals surface area (Å²) in [5, 5.41) is 0. The van der Waals surface area contributed by atoms with Crippen LogP contribution in [0, 0.1) is 11.8 Å². The predicted octanol–water partition coefficient (Wildman–Crippen LogP) is 6.83. The molecule has 0 bridgehead atoms. The summed E-state index contributed by atoms with van der Waals surface area (Å²) in [4.78, 5) is 0. The van der Waals surface area contributed by atoms with E-state index in [1.807, 2.05) is 0 Å². The van der Waals surface area contributed by atoms with Gasteiger partial charge in [-0.3, -0.25) is 0 Å². The summed E-state index contributed by atoms with van der Waals surface area (Å²) >= 11 is -2.46. The van der Waals surface area contributed by atoms with Crippen molar-refractivity contribution in [1.29, 1.82) is 0 Å². The second-order valence-corrected chi connectivity index (χ2v) is 20.7. The molecule has 1 nitrogen and oxygen atoms in total. The Bertz CT molecular complexity index is 478. The van der Waals surface area contributed by atoms with Crippen molar-refractivity contribution in [3.63, 3.8) is 0 Å². The molecular formula is C23H38OSn. The van der Waals surface area contributed by atoms with E-state index in [1.54, 1.807) is 0 Å². The van der Waals surface area contributed by atoms with Gasteiger partial charge < -0.3 is 0 Å². The molecule has 0 amide bonds. The molecule has 1 aromatic rings. The minimum atomic E-state index is -2.46.